The highest BCUT2D eigenvalue weighted by Crippen LogP contribution is 2.28. The zero-order chi connectivity index (χ0) is 12.6. The molecule has 0 saturated heterocycles. The largest absolute Gasteiger partial charge is 0.416 e. The summed E-state index contributed by atoms with van der Waals surface area (Å²) in [7, 11) is 0. The Morgan fingerprint density at radius 3 is 1.80 bits per heavy atom. The first kappa shape index (κ1) is 16.4. The third-order valence-corrected chi connectivity index (χ3v) is 1.63. The summed E-state index contributed by atoms with van der Waals surface area (Å²) in [6, 6.07) is 0. The molecular formula is C12H19F3. The second-order valence-electron chi connectivity index (χ2n) is 3.03. The standard InChI is InChI=1S/C10H13F3.C2H6/c1-5-9(10(11,12)13)6-8(4)7(2)3;1-2/h5-7H,1,4H2,2-3H3;1-2H3/b9-6+;. The predicted molar refractivity (Wildman–Crippen MR) is 59.7 cm³/mol. The van der Waals surface area contributed by atoms with E-state index in [9.17, 15) is 13.2 Å². The van der Waals surface area contributed by atoms with Crippen molar-refractivity contribution in [2.75, 3.05) is 0 Å². The minimum Gasteiger partial charge on any atom is -0.166 e. The molecule has 0 aliphatic heterocycles. The highest BCUT2D eigenvalue weighted by atomic mass is 19.4. The normalized spacial score (nSPS) is 11.9. The van der Waals surface area contributed by atoms with Crippen molar-refractivity contribution in [3.05, 3.63) is 36.5 Å². The molecular weight excluding hydrogens is 201 g/mol. The molecule has 0 aromatic heterocycles. The average molecular weight is 220 g/mol. The van der Waals surface area contributed by atoms with Crippen molar-refractivity contribution in [1.82, 2.24) is 0 Å². The molecule has 0 aromatic rings. The van der Waals surface area contributed by atoms with Gasteiger partial charge in [0, 0.05) is 0 Å². The Hall–Kier alpha value is -0.990. The third kappa shape index (κ3) is 7.00. The Labute approximate surface area is 90.2 Å². The van der Waals surface area contributed by atoms with E-state index in [1.54, 1.807) is 13.8 Å². The minimum atomic E-state index is -4.33. The summed E-state index contributed by atoms with van der Waals surface area (Å²) in [6.45, 7) is 14.2. The highest BCUT2D eigenvalue weighted by molar-refractivity contribution is 5.31. The van der Waals surface area contributed by atoms with Crippen LogP contribution < -0.4 is 0 Å². The van der Waals surface area contributed by atoms with Gasteiger partial charge in [0.2, 0.25) is 0 Å². The zero-order valence-corrected chi connectivity index (χ0v) is 9.78. The van der Waals surface area contributed by atoms with E-state index in [1.165, 1.54) is 0 Å². The van der Waals surface area contributed by atoms with Crippen LogP contribution >= 0.6 is 0 Å². The number of hydrogen-bond donors (Lipinski definition) is 0. The van der Waals surface area contributed by atoms with Crippen molar-refractivity contribution < 1.29 is 13.2 Å². The van der Waals surface area contributed by atoms with Crippen LogP contribution in [0.5, 0.6) is 0 Å². The first-order valence-electron chi connectivity index (χ1n) is 4.89. The van der Waals surface area contributed by atoms with Gasteiger partial charge in [0.05, 0.1) is 5.57 Å². The maximum Gasteiger partial charge on any atom is 0.416 e. The Kier molecular flexibility index (Phi) is 8.02. The molecule has 0 bridgehead atoms. The minimum absolute atomic E-state index is 0.0114. The molecule has 0 atom stereocenters. The van der Waals surface area contributed by atoms with Gasteiger partial charge in [0.1, 0.15) is 0 Å². The van der Waals surface area contributed by atoms with Crippen LogP contribution in [0.25, 0.3) is 0 Å². The molecule has 15 heavy (non-hydrogen) atoms. The molecule has 0 unspecified atom stereocenters. The molecule has 0 fully saturated rings. The Morgan fingerprint density at radius 1 is 1.20 bits per heavy atom. The molecule has 0 nitrogen and oxygen atoms in total. The molecule has 0 rings (SSSR count). The molecule has 0 aliphatic carbocycles. The van der Waals surface area contributed by atoms with Gasteiger partial charge in [-0.2, -0.15) is 13.2 Å². The van der Waals surface area contributed by atoms with E-state index in [-0.39, 0.29) is 5.92 Å². The Bertz CT molecular complexity index is 232. The molecule has 0 heterocycles. The van der Waals surface area contributed by atoms with Crippen molar-refractivity contribution in [1.29, 1.82) is 0 Å². The Balaban J connectivity index is 0. The fourth-order valence-electron chi connectivity index (χ4n) is 0.623. The van der Waals surface area contributed by atoms with Gasteiger partial charge in [0.15, 0.2) is 0 Å². The monoisotopic (exact) mass is 220 g/mol. The molecule has 0 aliphatic rings. The van der Waals surface area contributed by atoms with Crippen molar-refractivity contribution in [3.8, 4) is 0 Å². The van der Waals surface area contributed by atoms with E-state index >= 15 is 0 Å². The van der Waals surface area contributed by atoms with E-state index in [0.717, 1.165) is 12.2 Å². The van der Waals surface area contributed by atoms with Crippen LogP contribution in [0, 0.1) is 5.92 Å². The van der Waals surface area contributed by atoms with Gasteiger partial charge in [-0.15, -0.1) is 0 Å². The van der Waals surface area contributed by atoms with Crippen molar-refractivity contribution in [2.24, 2.45) is 5.92 Å². The van der Waals surface area contributed by atoms with Crippen LogP contribution in [0.15, 0.2) is 36.5 Å². The first-order chi connectivity index (χ1) is 6.79. The summed E-state index contributed by atoms with van der Waals surface area (Å²) in [4.78, 5) is 0. The summed E-state index contributed by atoms with van der Waals surface area (Å²) < 4.78 is 36.5. The van der Waals surface area contributed by atoms with Crippen molar-refractivity contribution >= 4 is 0 Å². The van der Waals surface area contributed by atoms with Crippen LogP contribution in [0.2, 0.25) is 0 Å². The second-order valence-corrected chi connectivity index (χ2v) is 3.03. The quantitative estimate of drug-likeness (QED) is 0.593. The number of alkyl halides is 3. The van der Waals surface area contributed by atoms with Crippen LogP contribution in [0.1, 0.15) is 27.7 Å². The number of allylic oxidation sites excluding steroid dienone is 4. The molecule has 88 valence electrons. The van der Waals surface area contributed by atoms with E-state index in [2.05, 4.69) is 13.2 Å². The number of rotatable bonds is 3. The lowest BCUT2D eigenvalue weighted by molar-refractivity contribution is -0.0882. The van der Waals surface area contributed by atoms with Gasteiger partial charge < -0.3 is 0 Å². The SMILES string of the molecule is C=C/C(=C\C(=C)C(C)C)C(F)(F)F.CC. The van der Waals surface area contributed by atoms with Crippen LogP contribution in [0.4, 0.5) is 13.2 Å². The topological polar surface area (TPSA) is 0 Å². The van der Waals surface area contributed by atoms with Crippen LogP contribution in [-0.2, 0) is 0 Å². The lowest BCUT2D eigenvalue weighted by Crippen LogP contribution is -2.10. The maximum atomic E-state index is 12.2. The summed E-state index contributed by atoms with van der Waals surface area (Å²) in [5, 5.41) is 0. The highest BCUT2D eigenvalue weighted by Gasteiger charge is 2.31. The smallest absolute Gasteiger partial charge is 0.166 e. The number of hydrogen-bond acceptors (Lipinski definition) is 0. The predicted octanol–water partition coefficient (Wildman–Crippen LogP) is 4.90. The van der Waals surface area contributed by atoms with Crippen LogP contribution in [-0.4, -0.2) is 6.18 Å². The van der Waals surface area contributed by atoms with Crippen molar-refractivity contribution in [3.63, 3.8) is 0 Å². The zero-order valence-electron chi connectivity index (χ0n) is 9.78. The first-order valence-corrected chi connectivity index (χ1v) is 4.89. The van der Waals surface area contributed by atoms with Gasteiger partial charge in [-0.25, -0.2) is 0 Å². The molecule has 0 saturated carbocycles. The fraction of sp³-hybridized carbons (Fsp3) is 0.500. The molecule has 3 heteroatoms. The molecule has 0 N–H and O–H groups in total. The van der Waals surface area contributed by atoms with Gasteiger partial charge in [-0.3, -0.25) is 0 Å². The summed E-state index contributed by atoms with van der Waals surface area (Å²) >= 11 is 0. The molecule has 0 amide bonds. The summed E-state index contributed by atoms with van der Waals surface area (Å²) in [5.74, 6) is 0.0114. The Morgan fingerprint density at radius 2 is 1.60 bits per heavy atom. The van der Waals surface area contributed by atoms with Gasteiger partial charge >= 0.3 is 6.18 Å². The van der Waals surface area contributed by atoms with E-state index in [1.807, 2.05) is 13.8 Å². The lowest BCUT2D eigenvalue weighted by Gasteiger charge is -2.09. The number of halogens is 3. The van der Waals surface area contributed by atoms with Crippen LogP contribution in [0.3, 0.4) is 0 Å². The van der Waals surface area contributed by atoms with Gasteiger partial charge in [-0.05, 0) is 12.0 Å². The summed E-state index contributed by atoms with van der Waals surface area (Å²) in [5.41, 5.74) is -0.293. The average Bonchev–Trinajstić information content (AvgIpc) is 2.14. The summed E-state index contributed by atoms with van der Waals surface area (Å²) in [6.07, 6.45) is -2.51. The maximum absolute atomic E-state index is 12.2. The lowest BCUT2D eigenvalue weighted by atomic mass is 10.0. The second kappa shape index (κ2) is 7.32. The van der Waals surface area contributed by atoms with Gasteiger partial charge in [-0.1, -0.05) is 52.5 Å². The molecule has 0 radical (unpaired) electrons. The third-order valence-electron chi connectivity index (χ3n) is 1.63. The van der Waals surface area contributed by atoms with E-state index in [4.69, 9.17) is 0 Å². The molecule has 0 aromatic carbocycles. The van der Waals surface area contributed by atoms with E-state index in [0.29, 0.717) is 5.57 Å². The fourth-order valence-corrected chi connectivity index (χ4v) is 0.623. The molecule has 0 spiro atoms. The van der Waals surface area contributed by atoms with Crippen molar-refractivity contribution in [2.45, 2.75) is 33.9 Å². The van der Waals surface area contributed by atoms with Gasteiger partial charge in [0.25, 0.3) is 0 Å². The van der Waals surface area contributed by atoms with E-state index < -0.39 is 11.7 Å².